The Morgan fingerprint density at radius 1 is 0.683 bits per heavy atom. The number of ether oxygens (including phenoxy) is 8. The Labute approximate surface area is 235 Å². The molecule has 0 heterocycles. The molecule has 0 spiro atoms. The molecule has 0 aromatic heterocycles. The number of esters is 2. The summed E-state index contributed by atoms with van der Waals surface area (Å²) in [5.74, 6) is -2.66. The van der Waals surface area contributed by atoms with Crippen LogP contribution in [0.5, 0.6) is 34.5 Å². The minimum Gasteiger partial charge on any atom is -0.493 e. The average Bonchev–Trinajstić information content (AvgIpc) is 2.96. The molecule has 2 aromatic rings. The van der Waals surface area contributed by atoms with Crippen molar-refractivity contribution in [1.82, 2.24) is 0 Å². The molecule has 0 aliphatic heterocycles. The molecule has 3 rings (SSSR count). The zero-order valence-corrected chi connectivity index (χ0v) is 23.3. The van der Waals surface area contributed by atoms with E-state index in [9.17, 15) is 29.7 Å². The average molecular weight is 581 g/mol. The van der Waals surface area contributed by atoms with Crippen LogP contribution in [0.25, 0.3) is 0 Å². The minimum atomic E-state index is -2.48. The van der Waals surface area contributed by atoms with Crippen LogP contribution >= 0.6 is 0 Å². The number of hydrogen-bond acceptors (Lipinski definition) is 13. The molecule has 3 N–H and O–H groups in total. The van der Waals surface area contributed by atoms with Crippen LogP contribution in [-0.4, -0.2) is 99.8 Å². The van der Waals surface area contributed by atoms with Crippen LogP contribution in [0.3, 0.4) is 0 Å². The van der Waals surface area contributed by atoms with Crippen LogP contribution in [0, 0.1) is 0 Å². The van der Waals surface area contributed by atoms with Gasteiger partial charge in [-0.1, -0.05) is 0 Å². The maximum atomic E-state index is 13.2. The van der Waals surface area contributed by atoms with Crippen LogP contribution in [0.4, 0.5) is 0 Å². The lowest BCUT2D eigenvalue weighted by Gasteiger charge is -2.40. The van der Waals surface area contributed by atoms with Crippen molar-refractivity contribution in [3.05, 3.63) is 35.4 Å². The summed E-state index contributed by atoms with van der Waals surface area (Å²) in [6.45, 7) is 0. The molecule has 0 amide bonds. The number of hydrogen-bond donors (Lipinski definition) is 3. The van der Waals surface area contributed by atoms with Gasteiger partial charge in [0.2, 0.25) is 11.5 Å². The van der Waals surface area contributed by atoms with E-state index in [1.165, 1.54) is 66.9 Å². The first kappa shape index (κ1) is 31.1. The highest BCUT2D eigenvalue weighted by molar-refractivity contribution is 5.92. The summed E-state index contributed by atoms with van der Waals surface area (Å²) >= 11 is 0. The predicted octanol–water partition coefficient (Wildman–Crippen LogP) is 1.46. The Morgan fingerprint density at radius 2 is 1.07 bits per heavy atom. The van der Waals surface area contributed by atoms with Crippen molar-refractivity contribution in [2.75, 3.05) is 42.7 Å². The number of aliphatic hydroxyl groups excluding tert-OH is 1. The van der Waals surface area contributed by atoms with Gasteiger partial charge < -0.3 is 53.2 Å². The summed E-state index contributed by atoms with van der Waals surface area (Å²) in [5, 5.41) is 31.1. The molecule has 0 bridgehead atoms. The molecule has 1 saturated carbocycles. The van der Waals surface area contributed by atoms with E-state index < -0.39 is 54.7 Å². The standard InChI is InChI=1S/C27H32O14/c1-34-16-7-13(8-17(35-2)22(16)38-5)24(29)40-20-12-27(33,26(31)32)11-15(28)21(20)41-25(30)14-9-18(36-3)23(39-6)19(10-14)37-4/h7-10,15,20-21,28,33H,11-12H2,1-6H3,(H,31,32)/t15-,20-,21+,27-/m1/s1. The molecule has 1 aliphatic rings. The number of carboxylic acids is 1. The number of benzene rings is 2. The van der Waals surface area contributed by atoms with Gasteiger partial charge in [-0.25, -0.2) is 14.4 Å². The first-order valence-corrected chi connectivity index (χ1v) is 12.1. The SMILES string of the molecule is COc1cc(C(=O)O[C@H]2[C@H](O)C[C@](O)(C(=O)O)C[C@H]2OC(=O)c2cc(OC)c(OC)c(OC)c2)cc(OC)c1OC. The maximum absolute atomic E-state index is 13.2. The zero-order chi connectivity index (χ0) is 30.5. The normalized spacial score (nSPS) is 21.7. The number of carbonyl (C=O) groups excluding carboxylic acids is 2. The molecular formula is C27H32O14. The molecule has 14 heteroatoms. The highest BCUT2D eigenvalue weighted by Gasteiger charge is 2.52. The van der Waals surface area contributed by atoms with Crippen molar-refractivity contribution < 1.29 is 67.6 Å². The van der Waals surface area contributed by atoms with Crippen molar-refractivity contribution in [1.29, 1.82) is 0 Å². The number of aliphatic carboxylic acids is 1. The Kier molecular flexibility index (Phi) is 9.73. The van der Waals surface area contributed by atoms with Crippen LogP contribution in [0.15, 0.2) is 24.3 Å². The number of methoxy groups -OCH3 is 6. The number of carbonyl (C=O) groups is 3. The third kappa shape index (κ3) is 6.33. The highest BCUT2D eigenvalue weighted by atomic mass is 16.6. The third-order valence-corrected chi connectivity index (χ3v) is 6.53. The van der Waals surface area contributed by atoms with Gasteiger partial charge in [-0.05, 0) is 24.3 Å². The third-order valence-electron chi connectivity index (χ3n) is 6.53. The fraction of sp³-hybridized carbons (Fsp3) is 0.444. The molecule has 1 fully saturated rings. The maximum Gasteiger partial charge on any atom is 0.338 e. The topological polar surface area (TPSA) is 186 Å². The summed E-state index contributed by atoms with van der Waals surface area (Å²) in [6.07, 6.45) is -6.27. The fourth-order valence-electron chi connectivity index (χ4n) is 4.48. The molecule has 4 atom stereocenters. The second-order valence-corrected chi connectivity index (χ2v) is 8.95. The molecule has 0 unspecified atom stereocenters. The van der Waals surface area contributed by atoms with E-state index in [0.29, 0.717) is 0 Å². The molecule has 41 heavy (non-hydrogen) atoms. The van der Waals surface area contributed by atoms with Gasteiger partial charge in [-0.15, -0.1) is 0 Å². The van der Waals surface area contributed by atoms with Crippen molar-refractivity contribution in [3.63, 3.8) is 0 Å². The van der Waals surface area contributed by atoms with Gasteiger partial charge in [-0.2, -0.15) is 0 Å². The number of aliphatic hydroxyl groups is 2. The molecule has 14 nitrogen and oxygen atoms in total. The second-order valence-electron chi connectivity index (χ2n) is 8.95. The van der Waals surface area contributed by atoms with Gasteiger partial charge in [0.25, 0.3) is 0 Å². The molecule has 2 aromatic carbocycles. The lowest BCUT2D eigenvalue weighted by molar-refractivity contribution is -0.187. The van der Waals surface area contributed by atoms with Gasteiger partial charge in [0.15, 0.2) is 34.7 Å². The molecule has 1 aliphatic carbocycles. The van der Waals surface area contributed by atoms with Crippen LogP contribution in [0.2, 0.25) is 0 Å². The van der Waals surface area contributed by atoms with Crippen molar-refractivity contribution in [2.45, 2.75) is 36.8 Å². The Bertz CT molecular complexity index is 1240. The van der Waals surface area contributed by atoms with E-state index in [4.69, 9.17) is 37.9 Å². The molecule has 0 saturated heterocycles. The van der Waals surface area contributed by atoms with E-state index in [0.717, 1.165) is 0 Å². The monoisotopic (exact) mass is 580 g/mol. The van der Waals surface area contributed by atoms with Crippen LogP contribution in [0.1, 0.15) is 33.6 Å². The Hall–Kier alpha value is -4.43. The van der Waals surface area contributed by atoms with Crippen LogP contribution < -0.4 is 28.4 Å². The second kappa shape index (κ2) is 12.8. The largest absolute Gasteiger partial charge is 0.493 e. The quantitative estimate of drug-likeness (QED) is 0.324. The minimum absolute atomic E-state index is 0.0690. The van der Waals surface area contributed by atoms with Crippen LogP contribution in [-0.2, 0) is 14.3 Å². The highest BCUT2D eigenvalue weighted by Crippen LogP contribution is 2.41. The summed E-state index contributed by atoms with van der Waals surface area (Å²) in [7, 11) is 8.14. The first-order valence-electron chi connectivity index (χ1n) is 12.1. The van der Waals surface area contributed by atoms with Crippen molar-refractivity contribution >= 4 is 17.9 Å². The van der Waals surface area contributed by atoms with Gasteiger partial charge in [0.1, 0.15) is 6.10 Å². The van der Waals surface area contributed by atoms with Gasteiger partial charge in [-0.3, -0.25) is 0 Å². The smallest absolute Gasteiger partial charge is 0.338 e. The van der Waals surface area contributed by atoms with E-state index in [1.54, 1.807) is 0 Å². The van der Waals surface area contributed by atoms with Gasteiger partial charge in [0, 0.05) is 12.8 Å². The van der Waals surface area contributed by atoms with Crippen molar-refractivity contribution in [3.8, 4) is 34.5 Å². The Morgan fingerprint density at radius 3 is 1.41 bits per heavy atom. The molecule has 0 radical (unpaired) electrons. The number of carboxylic acid groups (broad SMARTS) is 1. The summed E-state index contributed by atoms with van der Waals surface area (Å²) in [6, 6.07) is 5.21. The van der Waals surface area contributed by atoms with Gasteiger partial charge >= 0.3 is 17.9 Å². The summed E-state index contributed by atoms with van der Waals surface area (Å²) in [5.41, 5.74) is -2.64. The Balaban J connectivity index is 1.97. The predicted molar refractivity (Wildman–Crippen MR) is 138 cm³/mol. The van der Waals surface area contributed by atoms with E-state index >= 15 is 0 Å². The summed E-state index contributed by atoms with van der Waals surface area (Å²) in [4.78, 5) is 38.2. The van der Waals surface area contributed by atoms with E-state index in [1.807, 2.05) is 0 Å². The van der Waals surface area contributed by atoms with E-state index in [2.05, 4.69) is 0 Å². The molecule has 224 valence electrons. The number of rotatable bonds is 11. The fourth-order valence-corrected chi connectivity index (χ4v) is 4.48. The molecular weight excluding hydrogens is 548 g/mol. The summed E-state index contributed by atoms with van der Waals surface area (Å²) < 4.78 is 42.5. The lowest BCUT2D eigenvalue weighted by Crippen LogP contribution is -2.58. The van der Waals surface area contributed by atoms with Gasteiger partial charge in [0.05, 0.1) is 59.9 Å². The van der Waals surface area contributed by atoms with Crippen molar-refractivity contribution in [2.24, 2.45) is 0 Å². The first-order chi connectivity index (χ1) is 19.5. The van der Waals surface area contributed by atoms with E-state index in [-0.39, 0.29) is 45.6 Å². The lowest BCUT2D eigenvalue weighted by atomic mass is 9.79. The zero-order valence-electron chi connectivity index (χ0n) is 23.3.